The molecule has 0 aliphatic carbocycles. The van der Waals surface area contributed by atoms with Gasteiger partial charge in [0.1, 0.15) is 12.4 Å². The lowest BCUT2D eigenvalue weighted by molar-refractivity contribution is 0.266. The molecular formula is C22H28ClFN2O2. The van der Waals surface area contributed by atoms with Gasteiger partial charge in [-0.05, 0) is 66.7 Å². The first-order valence-electron chi connectivity index (χ1n) is 9.63. The number of hydrogen-bond donors (Lipinski definition) is 1. The molecule has 2 fully saturated rings. The molecule has 0 amide bonds. The first-order chi connectivity index (χ1) is 13.2. The van der Waals surface area contributed by atoms with Crippen LogP contribution in [0.4, 0.5) is 4.39 Å². The summed E-state index contributed by atoms with van der Waals surface area (Å²) in [6, 6.07) is 12.5. The number of nitrogens with one attached hydrogen (secondary N) is 1. The lowest BCUT2D eigenvalue weighted by Gasteiger charge is -2.23. The highest BCUT2D eigenvalue weighted by Crippen LogP contribution is 2.37. The zero-order valence-electron chi connectivity index (χ0n) is 16.2. The number of nitrogens with zero attached hydrogens (tertiary/aromatic N) is 1. The minimum absolute atomic E-state index is 0. The molecule has 1 spiro atoms. The fraction of sp³-hybridized carbons (Fsp3) is 0.455. The Morgan fingerprint density at radius 2 is 1.86 bits per heavy atom. The van der Waals surface area contributed by atoms with E-state index in [1.54, 1.807) is 19.2 Å². The molecule has 2 aromatic carbocycles. The van der Waals surface area contributed by atoms with Crippen LogP contribution in [0, 0.1) is 11.2 Å². The van der Waals surface area contributed by atoms with Gasteiger partial charge in [0.05, 0.1) is 7.11 Å². The van der Waals surface area contributed by atoms with Crippen LogP contribution in [0.25, 0.3) is 0 Å². The first kappa shape index (κ1) is 20.9. The lowest BCUT2D eigenvalue weighted by Crippen LogP contribution is -2.28. The van der Waals surface area contributed by atoms with Crippen LogP contribution in [0.1, 0.15) is 24.0 Å². The number of ether oxygens (including phenoxy) is 2. The number of hydrogen-bond acceptors (Lipinski definition) is 4. The van der Waals surface area contributed by atoms with Crippen molar-refractivity contribution in [3.63, 3.8) is 0 Å². The third-order valence-corrected chi connectivity index (χ3v) is 5.79. The Morgan fingerprint density at radius 1 is 1.07 bits per heavy atom. The average molecular weight is 407 g/mol. The molecule has 1 N–H and O–H groups in total. The van der Waals surface area contributed by atoms with Crippen molar-refractivity contribution in [1.82, 2.24) is 10.2 Å². The predicted molar refractivity (Wildman–Crippen MR) is 111 cm³/mol. The Bertz CT molecular complexity index is 779. The van der Waals surface area contributed by atoms with Crippen LogP contribution in [0.3, 0.4) is 0 Å². The van der Waals surface area contributed by atoms with Gasteiger partial charge in [0.2, 0.25) is 0 Å². The van der Waals surface area contributed by atoms with E-state index in [-0.39, 0.29) is 18.2 Å². The van der Waals surface area contributed by atoms with Gasteiger partial charge in [-0.2, -0.15) is 0 Å². The standard InChI is InChI=1S/C22H27FN2O2.ClH/c1-26-21-12-18(13-25-11-9-22(16-25)8-10-24-15-22)4-7-20(21)27-14-17-2-5-19(23)6-3-17;/h2-7,12,24H,8-11,13-16H2,1H3;1H. The molecule has 2 heterocycles. The second kappa shape index (κ2) is 9.12. The van der Waals surface area contributed by atoms with Crippen LogP contribution in [0.5, 0.6) is 11.5 Å². The molecule has 4 rings (SSSR count). The Morgan fingerprint density at radius 3 is 2.57 bits per heavy atom. The Hall–Kier alpha value is -1.82. The molecule has 1 atom stereocenters. The van der Waals surface area contributed by atoms with Crippen LogP contribution in [-0.2, 0) is 13.2 Å². The monoisotopic (exact) mass is 406 g/mol. The number of methoxy groups -OCH3 is 1. The zero-order chi connectivity index (χ0) is 18.7. The third-order valence-electron chi connectivity index (χ3n) is 5.79. The first-order valence-corrected chi connectivity index (χ1v) is 9.63. The summed E-state index contributed by atoms with van der Waals surface area (Å²) in [5.41, 5.74) is 2.65. The van der Waals surface area contributed by atoms with Crippen molar-refractivity contribution in [2.45, 2.75) is 26.0 Å². The van der Waals surface area contributed by atoms with Crippen LogP contribution in [0.15, 0.2) is 42.5 Å². The molecule has 6 heteroatoms. The van der Waals surface area contributed by atoms with Crippen molar-refractivity contribution in [1.29, 1.82) is 0 Å². The number of rotatable bonds is 6. The van der Waals surface area contributed by atoms with Crippen molar-refractivity contribution in [2.24, 2.45) is 5.41 Å². The Labute approximate surface area is 172 Å². The number of halogens is 2. The molecule has 152 valence electrons. The molecule has 1 unspecified atom stereocenters. The molecule has 4 nitrogen and oxygen atoms in total. The molecule has 0 saturated carbocycles. The molecule has 0 aromatic heterocycles. The Kier molecular flexibility index (Phi) is 6.81. The van der Waals surface area contributed by atoms with Crippen molar-refractivity contribution >= 4 is 12.4 Å². The second-order valence-corrected chi connectivity index (χ2v) is 7.79. The number of benzene rings is 2. The van der Waals surface area contributed by atoms with Gasteiger partial charge < -0.3 is 14.8 Å². The topological polar surface area (TPSA) is 33.7 Å². The maximum Gasteiger partial charge on any atom is 0.161 e. The summed E-state index contributed by atoms with van der Waals surface area (Å²) in [6.45, 7) is 5.97. The maximum absolute atomic E-state index is 13.0. The van der Waals surface area contributed by atoms with Gasteiger partial charge in [-0.3, -0.25) is 4.90 Å². The smallest absolute Gasteiger partial charge is 0.161 e. The van der Waals surface area contributed by atoms with Gasteiger partial charge in [-0.25, -0.2) is 4.39 Å². The molecule has 2 saturated heterocycles. The molecule has 0 bridgehead atoms. The Balaban J connectivity index is 0.00000225. The van der Waals surface area contributed by atoms with Gasteiger partial charge in [-0.1, -0.05) is 18.2 Å². The highest BCUT2D eigenvalue weighted by atomic mass is 35.5. The van der Waals surface area contributed by atoms with Gasteiger partial charge >= 0.3 is 0 Å². The third kappa shape index (κ3) is 4.77. The summed E-state index contributed by atoms with van der Waals surface area (Å²) < 4.78 is 24.4. The van der Waals surface area contributed by atoms with Crippen molar-refractivity contribution in [3.8, 4) is 11.5 Å². The average Bonchev–Trinajstić information content (AvgIpc) is 3.31. The number of likely N-dealkylation sites (tertiary alicyclic amines) is 1. The summed E-state index contributed by atoms with van der Waals surface area (Å²) in [6.07, 6.45) is 2.58. The van der Waals surface area contributed by atoms with Crippen molar-refractivity contribution < 1.29 is 13.9 Å². The van der Waals surface area contributed by atoms with Crippen LogP contribution in [-0.4, -0.2) is 38.2 Å². The summed E-state index contributed by atoms with van der Waals surface area (Å²) in [4.78, 5) is 2.54. The van der Waals surface area contributed by atoms with E-state index in [2.05, 4.69) is 22.3 Å². The van der Waals surface area contributed by atoms with Gasteiger partial charge in [0.25, 0.3) is 0 Å². The summed E-state index contributed by atoms with van der Waals surface area (Å²) in [7, 11) is 1.67. The predicted octanol–water partition coefficient (Wildman–Crippen LogP) is 4.02. The van der Waals surface area contributed by atoms with E-state index in [1.165, 1.54) is 37.1 Å². The normalized spacial score (nSPS) is 21.6. The molecule has 2 aliphatic rings. The van der Waals surface area contributed by atoms with Gasteiger partial charge in [0, 0.05) is 19.6 Å². The van der Waals surface area contributed by atoms with E-state index >= 15 is 0 Å². The molecule has 28 heavy (non-hydrogen) atoms. The minimum Gasteiger partial charge on any atom is -0.493 e. The van der Waals surface area contributed by atoms with E-state index in [0.29, 0.717) is 17.8 Å². The van der Waals surface area contributed by atoms with E-state index in [0.717, 1.165) is 37.5 Å². The van der Waals surface area contributed by atoms with E-state index in [4.69, 9.17) is 9.47 Å². The molecule has 2 aromatic rings. The summed E-state index contributed by atoms with van der Waals surface area (Å²) in [5, 5.41) is 3.51. The molecular weight excluding hydrogens is 379 g/mol. The fourth-order valence-electron chi connectivity index (χ4n) is 4.24. The van der Waals surface area contributed by atoms with Crippen LogP contribution in [0.2, 0.25) is 0 Å². The summed E-state index contributed by atoms with van der Waals surface area (Å²) >= 11 is 0. The minimum atomic E-state index is -0.238. The molecule has 2 aliphatic heterocycles. The van der Waals surface area contributed by atoms with Crippen molar-refractivity contribution in [2.75, 3.05) is 33.3 Å². The van der Waals surface area contributed by atoms with Crippen LogP contribution < -0.4 is 14.8 Å². The quantitative estimate of drug-likeness (QED) is 0.785. The SMILES string of the molecule is COc1cc(CN2CCC3(CCNC3)C2)ccc1OCc1ccc(F)cc1.Cl. The molecule has 0 radical (unpaired) electrons. The summed E-state index contributed by atoms with van der Waals surface area (Å²) in [5.74, 6) is 1.22. The fourth-order valence-corrected chi connectivity index (χ4v) is 4.24. The van der Waals surface area contributed by atoms with Crippen molar-refractivity contribution in [3.05, 3.63) is 59.4 Å². The second-order valence-electron chi connectivity index (χ2n) is 7.79. The highest BCUT2D eigenvalue weighted by Gasteiger charge is 2.40. The lowest BCUT2D eigenvalue weighted by atomic mass is 9.86. The van der Waals surface area contributed by atoms with Gasteiger partial charge in [0.15, 0.2) is 11.5 Å². The van der Waals surface area contributed by atoms with Gasteiger partial charge in [-0.15, -0.1) is 12.4 Å². The van der Waals surface area contributed by atoms with E-state index in [1.807, 2.05) is 6.07 Å². The highest BCUT2D eigenvalue weighted by molar-refractivity contribution is 5.85. The largest absolute Gasteiger partial charge is 0.493 e. The van der Waals surface area contributed by atoms with Crippen LogP contribution >= 0.6 is 12.4 Å². The maximum atomic E-state index is 13.0. The van der Waals surface area contributed by atoms with E-state index in [9.17, 15) is 4.39 Å². The zero-order valence-corrected chi connectivity index (χ0v) is 17.1. The van der Waals surface area contributed by atoms with E-state index < -0.39 is 0 Å².